The van der Waals surface area contributed by atoms with Gasteiger partial charge in [-0.15, -0.1) is 0 Å². The van der Waals surface area contributed by atoms with Crippen LogP contribution in [-0.4, -0.2) is 0 Å². The van der Waals surface area contributed by atoms with Crippen molar-refractivity contribution in [3.8, 4) is 0 Å². The van der Waals surface area contributed by atoms with E-state index in [1.54, 1.807) is 6.07 Å². The number of halogens is 2. The summed E-state index contributed by atoms with van der Waals surface area (Å²) in [5.74, 6) is -0.199. The second-order valence-electron chi connectivity index (χ2n) is 4.88. The number of ether oxygens (including phenoxy) is 1. The van der Waals surface area contributed by atoms with Gasteiger partial charge in [0.15, 0.2) is 0 Å². The lowest BCUT2D eigenvalue weighted by molar-refractivity contribution is 0.134. The number of aryl methyl sites for hydroxylation is 1. The van der Waals surface area contributed by atoms with Crippen LogP contribution in [0.1, 0.15) is 32.6 Å². The summed E-state index contributed by atoms with van der Waals surface area (Å²) in [7, 11) is 0. The Bertz CT molecular complexity index is 624. The molecule has 0 fully saturated rings. The number of benzene rings is 2. The Morgan fingerprint density at radius 1 is 1.11 bits per heavy atom. The van der Waals surface area contributed by atoms with Crippen molar-refractivity contribution in [2.45, 2.75) is 25.0 Å². The summed E-state index contributed by atoms with van der Waals surface area (Å²) < 4.78 is 18.8. The van der Waals surface area contributed by atoms with E-state index < -0.39 is 0 Å². The standard InChI is InChI=1S/C16H14BrFO/c1-10-2-5-14(18)7-15(10)16(17)11-3-4-12-8-19-9-13(12)6-11/h2-7,16H,8-9H2,1H3. The lowest BCUT2D eigenvalue weighted by Crippen LogP contribution is -1.98. The molecule has 0 amide bonds. The first-order valence-electron chi connectivity index (χ1n) is 6.25. The van der Waals surface area contributed by atoms with Crippen molar-refractivity contribution < 1.29 is 9.13 Å². The van der Waals surface area contributed by atoms with Gasteiger partial charge in [-0.3, -0.25) is 0 Å². The molecule has 0 aromatic heterocycles. The highest BCUT2D eigenvalue weighted by atomic mass is 79.9. The van der Waals surface area contributed by atoms with Gasteiger partial charge in [-0.25, -0.2) is 4.39 Å². The van der Waals surface area contributed by atoms with Gasteiger partial charge in [-0.1, -0.05) is 40.2 Å². The van der Waals surface area contributed by atoms with Crippen molar-refractivity contribution in [3.05, 3.63) is 70.0 Å². The minimum atomic E-state index is -0.199. The SMILES string of the molecule is Cc1ccc(F)cc1C(Br)c1ccc2c(c1)COC2. The molecule has 3 rings (SSSR count). The Hall–Kier alpha value is -1.19. The van der Waals surface area contributed by atoms with Gasteiger partial charge in [0, 0.05) is 0 Å². The van der Waals surface area contributed by atoms with Gasteiger partial charge >= 0.3 is 0 Å². The van der Waals surface area contributed by atoms with Crippen LogP contribution in [0.3, 0.4) is 0 Å². The van der Waals surface area contributed by atoms with Gasteiger partial charge in [0.25, 0.3) is 0 Å². The van der Waals surface area contributed by atoms with Gasteiger partial charge in [0.1, 0.15) is 5.82 Å². The third kappa shape index (κ3) is 2.45. The molecule has 1 aliphatic rings. The molecule has 1 heterocycles. The third-order valence-electron chi connectivity index (χ3n) is 3.55. The van der Waals surface area contributed by atoms with Crippen LogP contribution >= 0.6 is 15.9 Å². The van der Waals surface area contributed by atoms with Gasteiger partial charge < -0.3 is 4.74 Å². The fraction of sp³-hybridized carbons (Fsp3) is 0.250. The normalized spacial score (nSPS) is 15.3. The van der Waals surface area contributed by atoms with E-state index in [2.05, 4.69) is 34.1 Å². The second-order valence-corrected chi connectivity index (χ2v) is 5.80. The average molecular weight is 321 g/mol. The first kappa shape index (κ1) is 12.8. The summed E-state index contributed by atoms with van der Waals surface area (Å²) in [6, 6.07) is 11.2. The predicted octanol–water partition coefficient (Wildman–Crippen LogP) is 4.65. The summed E-state index contributed by atoms with van der Waals surface area (Å²) >= 11 is 3.68. The Morgan fingerprint density at radius 2 is 1.89 bits per heavy atom. The number of hydrogen-bond acceptors (Lipinski definition) is 1. The van der Waals surface area contributed by atoms with E-state index in [1.807, 2.05) is 13.0 Å². The Balaban J connectivity index is 1.99. The smallest absolute Gasteiger partial charge is 0.123 e. The highest BCUT2D eigenvalue weighted by Gasteiger charge is 2.17. The van der Waals surface area contributed by atoms with Crippen molar-refractivity contribution in [3.63, 3.8) is 0 Å². The molecule has 19 heavy (non-hydrogen) atoms. The zero-order valence-corrected chi connectivity index (χ0v) is 12.2. The van der Waals surface area contributed by atoms with Crippen LogP contribution in [0.25, 0.3) is 0 Å². The minimum Gasteiger partial charge on any atom is -0.372 e. The molecule has 2 aromatic rings. The summed E-state index contributed by atoms with van der Waals surface area (Å²) in [5.41, 5.74) is 5.67. The van der Waals surface area contributed by atoms with Gasteiger partial charge in [-0.05, 0) is 46.9 Å². The average Bonchev–Trinajstić information content (AvgIpc) is 2.88. The lowest BCUT2D eigenvalue weighted by Gasteiger charge is -2.14. The van der Waals surface area contributed by atoms with E-state index in [1.165, 1.54) is 17.2 Å². The Labute approximate surface area is 120 Å². The van der Waals surface area contributed by atoms with Gasteiger partial charge in [0.05, 0.1) is 18.0 Å². The molecular formula is C16H14BrFO. The molecule has 2 aromatic carbocycles. The second kappa shape index (κ2) is 5.06. The van der Waals surface area contributed by atoms with Crippen LogP contribution in [0.5, 0.6) is 0 Å². The van der Waals surface area contributed by atoms with E-state index in [0.29, 0.717) is 13.2 Å². The molecule has 1 aliphatic heterocycles. The first-order chi connectivity index (χ1) is 9.15. The number of alkyl halides is 1. The zero-order valence-electron chi connectivity index (χ0n) is 10.6. The van der Waals surface area contributed by atoms with Crippen molar-refractivity contribution in [1.82, 2.24) is 0 Å². The maximum absolute atomic E-state index is 13.4. The van der Waals surface area contributed by atoms with Crippen molar-refractivity contribution in [1.29, 1.82) is 0 Å². The van der Waals surface area contributed by atoms with Crippen LogP contribution < -0.4 is 0 Å². The maximum Gasteiger partial charge on any atom is 0.123 e. The van der Waals surface area contributed by atoms with Crippen LogP contribution in [0, 0.1) is 12.7 Å². The highest BCUT2D eigenvalue weighted by molar-refractivity contribution is 9.09. The van der Waals surface area contributed by atoms with Crippen molar-refractivity contribution in [2.75, 3.05) is 0 Å². The van der Waals surface area contributed by atoms with E-state index in [4.69, 9.17) is 4.74 Å². The summed E-state index contributed by atoms with van der Waals surface area (Å²) in [4.78, 5) is 0.00843. The van der Waals surface area contributed by atoms with Gasteiger partial charge in [-0.2, -0.15) is 0 Å². The molecule has 98 valence electrons. The molecule has 0 radical (unpaired) electrons. The number of hydrogen-bond donors (Lipinski definition) is 0. The monoisotopic (exact) mass is 320 g/mol. The highest BCUT2D eigenvalue weighted by Crippen LogP contribution is 2.35. The van der Waals surface area contributed by atoms with Gasteiger partial charge in [0.2, 0.25) is 0 Å². The topological polar surface area (TPSA) is 9.23 Å². The molecule has 0 bridgehead atoms. The molecule has 3 heteroatoms. The zero-order chi connectivity index (χ0) is 13.4. The van der Waals surface area contributed by atoms with E-state index in [-0.39, 0.29) is 10.6 Å². The molecule has 0 N–H and O–H groups in total. The molecule has 0 saturated heterocycles. The molecule has 0 spiro atoms. The quantitative estimate of drug-likeness (QED) is 0.732. The van der Waals surface area contributed by atoms with Crippen LogP contribution in [0.2, 0.25) is 0 Å². The fourth-order valence-corrected chi connectivity index (χ4v) is 3.19. The largest absolute Gasteiger partial charge is 0.372 e. The van der Waals surface area contributed by atoms with Crippen LogP contribution in [0.4, 0.5) is 4.39 Å². The van der Waals surface area contributed by atoms with E-state index >= 15 is 0 Å². The van der Waals surface area contributed by atoms with E-state index in [0.717, 1.165) is 16.7 Å². The summed E-state index contributed by atoms with van der Waals surface area (Å²) in [6.45, 7) is 3.37. The summed E-state index contributed by atoms with van der Waals surface area (Å²) in [5, 5.41) is 0. The van der Waals surface area contributed by atoms with Crippen LogP contribution in [-0.2, 0) is 18.0 Å². The van der Waals surface area contributed by atoms with Crippen molar-refractivity contribution in [2.24, 2.45) is 0 Å². The molecule has 1 atom stereocenters. The molecule has 0 aliphatic carbocycles. The Morgan fingerprint density at radius 3 is 2.74 bits per heavy atom. The molecular weight excluding hydrogens is 307 g/mol. The summed E-state index contributed by atoms with van der Waals surface area (Å²) in [6.07, 6.45) is 0. The molecule has 0 saturated carbocycles. The fourth-order valence-electron chi connectivity index (χ4n) is 2.41. The molecule has 1 unspecified atom stereocenters. The lowest BCUT2D eigenvalue weighted by atomic mass is 9.97. The van der Waals surface area contributed by atoms with Crippen LogP contribution in [0.15, 0.2) is 36.4 Å². The number of fused-ring (bicyclic) bond motifs is 1. The maximum atomic E-state index is 13.4. The van der Waals surface area contributed by atoms with Crippen molar-refractivity contribution >= 4 is 15.9 Å². The molecule has 1 nitrogen and oxygen atoms in total. The first-order valence-corrected chi connectivity index (χ1v) is 7.16. The van der Waals surface area contributed by atoms with E-state index in [9.17, 15) is 4.39 Å². The Kier molecular flexibility index (Phi) is 3.42. The minimum absolute atomic E-state index is 0.00843. The predicted molar refractivity (Wildman–Crippen MR) is 76.8 cm³/mol. The number of rotatable bonds is 2. The third-order valence-corrected chi connectivity index (χ3v) is 4.57.